The summed E-state index contributed by atoms with van der Waals surface area (Å²) in [6.45, 7) is 2.18. The molecule has 3 N–H and O–H groups in total. The molecule has 2 aromatic rings. The molecular formula is C14H18N4O4S. The van der Waals surface area contributed by atoms with E-state index in [2.05, 4.69) is 15.3 Å². The lowest BCUT2D eigenvalue weighted by atomic mass is 9.89. The summed E-state index contributed by atoms with van der Waals surface area (Å²) in [6, 6.07) is 4.43. The number of H-pyrrole nitrogens is 2. The van der Waals surface area contributed by atoms with Gasteiger partial charge in [-0.15, -0.1) is 0 Å². The normalized spacial score (nSPS) is 22.5. The molecule has 1 aromatic carbocycles. The van der Waals surface area contributed by atoms with Crippen molar-refractivity contribution in [2.24, 2.45) is 5.41 Å². The number of imidazole rings is 1. The second-order valence-corrected chi connectivity index (χ2v) is 7.95. The number of carbonyl (C=O) groups excluding carboxylic acids is 1. The summed E-state index contributed by atoms with van der Waals surface area (Å²) < 4.78 is 26.9. The van der Waals surface area contributed by atoms with Crippen molar-refractivity contribution < 1.29 is 13.2 Å². The van der Waals surface area contributed by atoms with E-state index in [9.17, 15) is 18.0 Å². The van der Waals surface area contributed by atoms with E-state index in [0.29, 0.717) is 17.5 Å². The Balaban J connectivity index is 1.94. The van der Waals surface area contributed by atoms with Gasteiger partial charge in [0.05, 0.1) is 21.3 Å². The van der Waals surface area contributed by atoms with Gasteiger partial charge in [-0.3, -0.25) is 4.79 Å². The molecule has 8 nitrogen and oxygen atoms in total. The Morgan fingerprint density at radius 2 is 2.00 bits per heavy atom. The van der Waals surface area contributed by atoms with E-state index in [1.54, 1.807) is 20.0 Å². The first-order valence-electron chi connectivity index (χ1n) is 7.21. The van der Waals surface area contributed by atoms with Gasteiger partial charge in [-0.1, -0.05) is 0 Å². The van der Waals surface area contributed by atoms with Crippen LogP contribution >= 0.6 is 0 Å². The van der Waals surface area contributed by atoms with Crippen molar-refractivity contribution in [2.75, 3.05) is 20.1 Å². The van der Waals surface area contributed by atoms with Gasteiger partial charge < -0.3 is 15.3 Å². The molecule has 1 unspecified atom stereocenters. The van der Waals surface area contributed by atoms with Gasteiger partial charge in [0.2, 0.25) is 15.9 Å². The van der Waals surface area contributed by atoms with Crippen molar-refractivity contribution in [3.8, 4) is 0 Å². The van der Waals surface area contributed by atoms with E-state index in [1.165, 1.54) is 16.4 Å². The van der Waals surface area contributed by atoms with Crippen molar-refractivity contribution in [3.05, 3.63) is 28.7 Å². The number of sulfonamides is 1. The number of benzene rings is 1. The predicted molar refractivity (Wildman–Crippen MR) is 84.5 cm³/mol. The third-order valence-electron chi connectivity index (χ3n) is 4.34. The number of aromatic amines is 2. The van der Waals surface area contributed by atoms with Gasteiger partial charge >= 0.3 is 5.69 Å². The summed E-state index contributed by atoms with van der Waals surface area (Å²) in [5.41, 5.74) is -0.133. The summed E-state index contributed by atoms with van der Waals surface area (Å²) in [6.07, 6.45) is 0.467. The predicted octanol–water partition coefficient (Wildman–Crippen LogP) is 0.00290. The van der Waals surface area contributed by atoms with E-state index >= 15 is 0 Å². The van der Waals surface area contributed by atoms with E-state index in [-0.39, 0.29) is 29.6 Å². The standard InChI is InChI=1S/C14H18N4O4S/c1-14(12(19)15-2)5-6-18(8-14)23(21,22)9-3-4-10-11(7-9)17-13(20)16-10/h3-4,7H,5-6,8H2,1-2H3,(H,15,19)(H2,16,17,20). The second kappa shape index (κ2) is 5.20. The number of fused-ring (bicyclic) bond motifs is 1. The van der Waals surface area contributed by atoms with Gasteiger partial charge in [0.1, 0.15) is 0 Å². The van der Waals surface area contributed by atoms with Crippen molar-refractivity contribution in [3.63, 3.8) is 0 Å². The Morgan fingerprint density at radius 1 is 1.30 bits per heavy atom. The molecule has 0 spiro atoms. The monoisotopic (exact) mass is 338 g/mol. The minimum Gasteiger partial charge on any atom is -0.359 e. The fraction of sp³-hybridized carbons (Fsp3) is 0.429. The molecule has 0 saturated carbocycles. The summed E-state index contributed by atoms with van der Waals surface area (Å²) >= 11 is 0. The third kappa shape index (κ3) is 2.55. The first kappa shape index (κ1) is 15.8. The lowest BCUT2D eigenvalue weighted by molar-refractivity contribution is -0.128. The minimum absolute atomic E-state index is 0.0985. The van der Waals surface area contributed by atoms with E-state index < -0.39 is 15.4 Å². The Kier molecular flexibility index (Phi) is 3.56. The molecule has 0 radical (unpaired) electrons. The average Bonchev–Trinajstić information content (AvgIpc) is 3.08. The van der Waals surface area contributed by atoms with Crippen LogP contribution < -0.4 is 11.0 Å². The Hall–Kier alpha value is -2.13. The number of amides is 1. The molecule has 9 heteroatoms. The Bertz CT molecular complexity index is 930. The number of nitrogens with zero attached hydrogens (tertiary/aromatic N) is 1. The minimum atomic E-state index is -3.72. The highest BCUT2D eigenvalue weighted by atomic mass is 32.2. The zero-order valence-corrected chi connectivity index (χ0v) is 13.7. The van der Waals surface area contributed by atoms with Crippen LogP contribution in [0.2, 0.25) is 0 Å². The molecule has 1 atom stereocenters. The summed E-state index contributed by atoms with van der Waals surface area (Å²) in [5.74, 6) is -0.166. The highest BCUT2D eigenvalue weighted by molar-refractivity contribution is 7.89. The number of carbonyl (C=O) groups is 1. The maximum absolute atomic E-state index is 12.8. The van der Waals surface area contributed by atoms with Crippen LogP contribution in [0.15, 0.2) is 27.9 Å². The number of hydrogen-bond acceptors (Lipinski definition) is 4. The Labute approximate surface area is 132 Å². The van der Waals surface area contributed by atoms with Gasteiger partial charge in [0, 0.05) is 20.1 Å². The zero-order valence-electron chi connectivity index (χ0n) is 12.8. The SMILES string of the molecule is CNC(=O)C1(C)CCN(S(=O)(=O)c2ccc3[nH]c(=O)[nH]c3c2)C1. The Morgan fingerprint density at radius 3 is 2.70 bits per heavy atom. The number of rotatable bonds is 3. The summed E-state index contributed by atoms with van der Waals surface area (Å²) in [5, 5.41) is 2.58. The molecule has 1 aliphatic heterocycles. The molecule has 1 saturated heterocycles. The van der Waals surface area contributed by atoms with Gasteiger partial charge in [-0.05, 0) is 31.5 Å². The van der Waals surface area contributed by atoms with Crippen LogP contribution in [0.25, 0.3) is 11.0 Å². The van der Waals surface area contributed by atoms with E-state index in [4.69, 9.17) is 0 Å². The molecule has 2 heterocycles. The van der Waals surface area contributed by atoms with Crippen molar-refractivity contribution in [1.29, 1.82) is 0 Å². The molecule has 1 fully saturated rings. The van der Waals surface area contributed by atoms with Crippen LogP contribution in [0.4, 0.5) is 0 Å². The second-order valence-electron chi connectivity index (χ2n) is 6.01. The highest BCUT2D eigenvalue weighted by Crippen LogP contribution is 2.34. The fourth-order valence-electron chi connectivity index (χ4n) is 2.93. The van der Waals surface area contributed by atoms with Crippen molar-refractivity contribution in [2.45, 2.75) is 18.2 Å². The molecule has 23 heavy (non-hydrogen) atoms. The molecule has 1 aliphatic rings. The molecule has 0 aliphatic carbocycles. The fourth-order valence-corrected chi connectivity index (χ4v) is 4.52. The molecule has 1 amide bonds. The number of aromatic nitrogens is 2. The first-order valence-corrected chi connectivity index (χ1v) is 8.65. The van der Waals surface area contributed by atoms with Crippen LogP contribution in [0.3, 0.4) is 0 Å². The quantitative estimate of drug-likeness (QED) is 0.731. The highest BCUT2D eigenvalue weighted by Gasteiger charge is 2.44. The van der Waals surface area contributed by atoms with Crippen molar-refractivity contribution >= 4 is 27.0 Å². The van der Waals surface area contributed by atoms with E-state index in [1.807, 2.05) is 0 Å². The lowest BCUT2D eigenvalue weighted by Crippen LogP contribution is -2.40. The van der Waals surface area contributed by atoms with Gasteiger partial charge in [-0.2, -0.15) is 4.31 Å². The third-order valence-corrected chi connectivity index (χ3v) is 6.18. The smallest absolute Gasteiger partial charge is 0.323 e. The maximum atomic E-state index is 12.8. The zero-order chi connectivity index (χ0) is 16.8. The van der Waals surface area contributed by atoms with Crippen LogP contribution in [0.1, 0.15) is 13.3 Å². The van der Waals surface area contributed by atoms with Crippen LogP contribution in [0.5, 0.6) is 0 Å². The summed E-state index contributed by atoms with van der Waals surface area (Å²) in [4.78, 5) is 28.4. The molecule has 124 valence electrons. The van der Waals surface area contributed by atoms with Gasteiger partial charge in [0.15, 0.2) is 0 Å². The van der Waals surface area contributed by atoms with Gasteiger partial charge in [0.25, 0.3) is 0 Å². The largest absolute Gasteiger partial charge is 0.359 e. The average molecular weight is 338 g/mol. The molecule has 0 bridgehead atoms. The molecule has 1 aromatic heterocycles. The number of hydrogen-bond donors (Lipinski definition) is 3. The number of nitrogens with one attached hydrogen (secondary N) is 3. The first-order chi connectivity index (χ1) is 10.8. The van der Waals surface area contributed by atoms with Crippen LogP contribution in [0, 0.1) is 5.41 Å². The van der Waals surface area contributed by atoms with Crippen LogP contribution in [-0.2, 0) is 14.8 Å². The lowest BCUT2D eigenvalue weighted by Gasteiger charge is -2.22. The van der Waals surface area contributed by atoms with Gasteiger partial charge in [-0.25, -0.2) is 13.2 Å². The molecule has 3 rings (SSSR count). The van der Waals surface area contributed by atoms with E-state index in [0.717, 1.165) is 0 Å². The van der Waals surface area contributed by atoms with Crippen molar-refractivity contribution in [1.82, 2.24) is 19.6 Å². The summed E-state index contributed by atoms with van der Waals surface area (Å²) in [7, 11) is -2.17. The molecular weight excluding hydrogens is 320 g/mol. The topological polar surface area (TPSA) is 115 Å². The van der Waals surface area contributed by atoms with Crippen LogP contribution in [-0.4, -0.2) is 48.7 Å². The maximum Gasteiger partial charge on any atom is 0.323 e.